The summed E-state index contributed by atoms with van der Waals surface area (Å²) in [5.74, 6) is 1.13. The first-order valence-corrected chi connectivity index (χ1v) is 11.8. The summed E-state index contributed by atoms with van der Waals surface area (Å²) < 4.78 is 0. The minimum Gasteiger partial charge on any atom is -0.392 e. The van der Waals surface area contributed by atoms with Crippen molar-refractivity contribution in [2.24, 2.45) is 17.8 Å². The first-order chi connectivity index (χ1) is 15.1. The number of rotatable bonds is 9. The fourth-order valence-corrected chi connectivity index (χ4v) is 5.40. The molecule has 5 atom stereocenters. The molecule has 0 saturated heterocycles. The van der Waals surface area contributed by atoms with E-state index in [1.165, 1.54) is 24.1 Å². The van der Waals surface area contributed by atoms with Gasteiger partial charge in [-0.2, -0.15) is 0 Å². The van der Waals surface area contributed by atoms with E-state index in [4.69, 9.17) is 0 Å². The highest BCUT2D eigenvalue weighted by Crippen LogP contribution is 2.48. The minimum absolute atomic E-state index is 0.152. The van der Waals surface area contributed by atoms with Gasteiger partial charge in [0.15, 0.2) is 0 Å². The lowest BCUT2D eigenvalue weighted by Crippen LogP contribution is -2.18. The molecule has 1 fully saturated rings. The quantitative estimate of drug-likeness (QED) is 0.435. The largest absolute Gasteiger partial charge is 0.392 e. The first kappa shape index (κ1) is 22.0. The number of aliphatic hydroxyl groups excluding tert-OH is 2. The summed E-state index contributed by atoms with van der Waals surface area (Å²) in [6.45, 7) is 2.07. The number of aliphatic hydroxyl groups is 2. The molecule has 0 amide bonds. The van der Waals surface area contributed by atoms with E-state index in [0.717, 1.165) is 31.2 Å². The number of allylic oxidation sites excluding steroid dienone is 2. The Kier molecular flexibility index (Phi) is 7.37. The van der Waals surface area contributed by atoms with E-state index < -0.39 is 6.10 Å². The molecule has 1 heterocycles. The fourth-order valence-electron chi connectivity index (χ4n) is 5.40. The van der Waals surface area contributed by atoms with E-state index in [9.17, 15) is 10.2 Å². The van der Waals surface area contributed by atoms with Crippen LogP contribution in [0.25, 0.3) is 0 Å². The third-order valence-electron chi connectivity index (χ3n) is 6.94. The van der Waals surface area contributed by atoms with Gasteiger partial charge in [-0.05, 0) is 75.0 Å². The Morgan fingerprint density at radius 3 is 2.81 bits per heavy atom. The zero-order chi connectivity index (χ0) is 21.6. The average Bonchev–Trinajstić information content (AvgIpc) is 3.27. The zero-order valence-corrected chi connectivity index (χ0v) is 18.5. The van der Waals surface area contributed by atoms with E-state index >= 15 is 0 Å². The third kappa shape index (κ3) is 5.93. The fraction of sp³-hybridized carbons (Fsp3) is 0.464. The van der Waals surface area contributed by atoms with Crippen molar-refractivity contribution in [3.8, 4) is 0 Å². The smallest absolute Gasteiger partial charge is 0.0761 e. The lowest BCUT2D eigenvalue weighted by Gasteiger charge is -2.19. The van der Waals surface area contributed by atoms with Crippen LogP contribution in [0.2, 0.25) is 0 Å². The van der Waals surface area contributed by atoms with Crippen molar-refractivity contribution in [1.29, 1.82) is 0 Å². The summed E-state index contributed by atoms with van der Waals surface area (Å²) >= 11 is 0. The van der Waals surface area contributed by atoms with Crippen LogP contribution in [0.15, 0.2) is 72.5 Å². The van der Waals surface area contributed by atoms with Crippen LogP contribution in [0.4, 0.5) is 0 Å². The zero-order valence-electron chi connectivity index (χ0n) is 18.5. The second-order valence-electron chi connectivity index (χ2n) is 9.41. The molecule has 0 bridgehead atoms. The van der Waals surface area contributed by atoms with Gasteiger partial charge in [0.05, 0.1) is 12.2 Å². The average molecular weight is 418 g/mol. The van der Waals surface area contributed by atoms with E-state index in [0.29, 0.717) is 18.3 Å². The first-order valence-electron chi connectivity index (χ1n) is 11.8. The van der Waals surface area contributed by atoms with Crippen molar-refractivity contribution in [2.75, 3.05) is 0 Å². The lowest BCUT2D eigenvalue weighted by molar-refractivity contribution is 0.140. The number of fused-ring (bicyclic) bond motifs is 1. The van der Waals surface area contributed by atoms with Crippen LogP contribution in [-0.4, -0.2) is 27.4 Å². The van der Waals surface area contributed by atoms with Crippen molar-refractivity contribution in [1.82, 2.24) is 4.98 Å². The number of unbranched alkanes of at least 4 members (excludes halogenated alkanes) is 1. The highest BCUT2D eigenvalue weighted by Gasteiger charge is 2.43. The maximum absolute atomic E-state index is 10.6. The molecule has 164 valence electrons. The Balaban J connectivity index is 1.25. The van der Waals surface area contributed by atoms with Crippen molar-refractivity contribution < 1.29 is 10.2 Å². The second-order valence-corrected chi connectivity index (χ2v) is 9.41. The van der Waals surface area contributed by atoms with E-state index in [1.807, 2.05) is 24.4 Å². The van der Waals surface area contributed by atoms with Gasteiger partial charge >= 0.3 is 0 Å². The van der Waals surface area contributed by atoms with Gasteiger partial charge in [0.1, 0.15) is 0 Å². The third-order valence-corrected chi connectivity index (χ3v) is 6.94. The number of hydrogen-bond acceptors (Lipinski definition) is 3. The molecule has 2 aliphatic rings. The van der Waals surface area contributed by atoms with Gasteiger partial charge in [-0.1, -0.05) is 59.7 Å². The molecule has 2 aromatic rings. The van der Waals surface area contributed by atoms with Crippen LogP contribution in [-0.2, 0) is 12.8 Å². The van der Waals surface area contributed by atoms with Crippen molar-refractivity contribution in [3.63, 3.8) is 0 Å². The van der Waals surface area contributed by atoms with E-state index in [2.05, 4.69) is 54.4 Å². The Morgan fingerprint density at radius 2 is 2.00 bits per heavy atom. The van der Waals surface area contributed by atoms with Gasteiger partial charge in [-0.3, -0.25) is 4.98 Å². The molecule has 0 spiro atoms. The second kappa shape index (κ2) is 10.4. The standard InChI is InChI=1S/C28H35NO2/c1-20-7-6-9-21(15-20)17-25(30)12-13-26-27-18-22(16-23(27)19-28(26)31)8-2-3-10-24-11-4-5-14-29-24/h4-7,9,11-16,23,25-28,30-31H,2-3,8,10,17-19H2,1H3/t23-,25-,26+,27-,28+/m0/s1. The van der Waals surface area contributed by atoms with Crippen LogP contribution >= 0.6 is 0 Å². The Bertz CT molecular complexity index is 904. The summed E-state index contributed by atoms with van der Waals surface area (Å²) in [6.07, 6.45) is 14.6. The molecular weight excluding hydrogens is 382 g/mol. The maximum Gasteiger partial charge on any atom is 0.0761 e. The molecule has 1 aromatic carbocycles. The molecule has 3 heteroatoms. The molecule has 0 aliphatic heterocycles. The van der Waals surface area contributed by atoms with Crippen molar-refractivity contribution >= 4 is 0 Å². The summed E-state index contributed by atoms with van der Waals surface area (Å²) in [6, 6.07) is 14.4. The molecule has 31 heavy (non-hydrogen) atoms. The lowest BCUT2D eigenvalue weighted by atomic mass is 9.88. The maximum atomic E-state index is 10.6. The Labute approximate surface area is 186 Å². The highest BCUT2D eigenvalue weighted by atomic mass is 16.3. The van der Waals surface area contributed by atoms with E-state index in [1.54, 1.807) is 5.57 Å². The summed E-state index contributed by atoms with van der Waals surface area (Å²) in [4.78, 5) is 4.41. The molecule has 1 saturated carbocycles. The predicted molar refractivity (Wildman–Crippen MR) is 126 cm³/mol. The molecule has 0 unspecified atom stereocenters. The van der Waals surface area contributed by atoms with Crippen LogP contribution in [0, 0.1) is 24.7 Å². The number of benzene rings is 1. The van der Waals surface area contributed by atoms with Crippen LogP contribution in [0.1, 0.15) is 48.9 Å². The molecule has 2 N–H and O–H groups in total. The summed E-state index contributed by atoms with van der Waals surface area (Å²) in [5.41, 5.74) is 5.10. The van der Waals surface area contributed by atoms with Gasteiger partial charge < -0.3 is 10.2 Å². The van der Waals surface area contributed by atoms with Crippen LogP contribution < -0.4 is 0 Å². The molecule has 3 nitrogen and oxygen atoms in total. The molecule has 4 rings (SSSR count). The van der Waals surface area contributed by atoms with Crippen LogP contribution in [0.3, 0.4) is 0 Å². The van der Waals surface area contributed by atoms with Gasteiger partial charge in [-0.15, -0.1) is 0 Å². The van der Waals surface area contributed by atoms with Crippen LogP contribution in [0.5, 0.6) is 0 Å². The summed E-state index contributed by atoms with van der Waals surface area (Å²) in [5, 5.41) is 21.1. The van der Waals surface area contributed by atoms with Gasteiger partial charge in [-0.25, -0.2) is 0 Å². The van der Waals surface area contributed by atoms with Gasteiger partial charge in [0.25, 0.3) is 0 Å². The number of nitrogens with zero attached hydrogens (tertiary/aromatic N) is 1. The Hall–Kier alpha value is -2.23. The Morgan fingerprint density at radius 1 is 1.13 bits per heavy atom. The van der Waals surface area contributed by atoms with Crippen molar-refractivity contribution in [2.45, 2.75) is 64.1 Å². The molecule has 1 aromatic heterocycles. The predicted octanol–water partition coefficient (Wildman–Crippen LogP) is 5.21. The van der Waals surface area contributed by atoms with Gasteiger partial charge in [0, 0.05) is 24.2 Å². The number of aryl methyl sites for hydroxylation is 2. The van der Waals surface area contributed by atoms with Crippen molar-refractivity contribution in [3.05, 3.63) is 89.3 Å². The monoisotopic (exact) mass is 417 g/mol. The SMILES string of the molecule is Cc1cccc(C[C@@H](O)C=C[C@@H]2[C@H]3CC(CCCCc4ccccn4)=C[C@H]3C[C@H]2O)c1. The number of hydrogen-bond donors (Lipinski definition) is 2. The summed E-state index contributed by atoms with van der Waals surface area (Å²) in [7, 11) is 0. The normalized spacial score (nSPS) is 26.2. The number of pyridine rings is 1. The topological polar surface area (TPSA) is 53.4 Å². The molecule has 2 aliphatic carbocycles. The van der Waals surface area contributed by atoms with Gasteiger partial charge in [0.2, 0.25) is 0 Å². The molecule has 0 radical (unpaired) electrons. The highest BCUT2D eigenvalue weighted by molar-refractivity contribution is 5.24. The molecular formula is C28H35NO2. The van der Waals surface area contributed by atoms with E-state index in [-0.39, 0.29) is 12.0 Å². The number of aromatic nitrogens is 1. The minimum atomic E-state index is -0.506.